The van der Waals surface area contributed by atoms with Gasteiger partial charge in [-0.3, -0.25) is 9.89 Å². The number of likely N-dealkylation sites (tertiary alicyclic amines) is 1. The van der Waals surface area contributed by atoms with Crippen LogP contribution in [0.5, 0.6) is 0 Å². The summed E-state index contributed by atoms with van der Waals surface area (Å²) in [6.07, 6.45) is -0.194. The van der Waals surface area contributed by atoms with E-state index in [0.717, 1.165) is 0 Å². The molecule has 10 heteroatoms. The van der Waals surface area contributed by atoms with Crippen LogP contribution in [0, 0.1) is 25.2 Å². The summed E-state index contributed by atoms with van der Waals surface area (Å²) in [6, 6.07) is 0. The average Bonchev–Trinajstić information content (AvgIpc) is 3.27. The highest BCUT2D eigenvalue weighted by molar-refractivity contribution is 7.89. The molecule has 1 amide bonds. The van der Waals surface area contributed by atoms with E-state index in [1.54, 1.807) is 18.7 Å². The molecule has 2 atom stereocenters. The molecule has 27 heavy (non-hydrogen) atoms. The maximum Gasteiger partial charge on any atom is 0.246 e. The highest BCUT2D eigenvalue weighted by Crippen LogP contribution is 2.45. The quantitative estimate of drug-likeness (QED) is 0.803. The Hall–Kier alpha value is -1.52. The number of nitrogens with one attached hydrogen (secondary N) is 1. The van der Waals surface area contributed by atoms with E-state index in [9.17, 15) is 17.6 Å². The number of alkyl halides is 1. The number of H-pyrrole nitrogens is 1. The molecule has 3 saturated heterocycles. The van der Waals surface area contributed by atoms with Crippen molar-refractivity contribution in [1.82, 2.24) is 19.4 Å². The van der Waals surface area contributed by atoms with Gasteiger partial charge in [-0.15, -0.1) is 0 Å². The van der Waals surface area contributed by atoms with Crippen molar-refractivity contribution >= 4 is 15.9 Å². The molecule has 0 bridgehead atoms. The van der Waals surface area contributed by atoms with Crippen LogP contribution < -0.4 is 0 Å². The van der Waals surface area contributed by atoms with Crippen LogP contribution in [0.3, 0.4) is 0 Å². The van der Waals surface area contributed by atoms with Crippen molar-refractivity contribution in [2.75, 3.05) is 39.4 Å². The normalized spacial score (nSPS) is 30.0. The lowest BCUT2D eigenvalue weighted by molar-refractivity contribution is -0.144. The van der Waals surface area contributed by atoms with Crippen molar-refractivity contribution in [2.24, 2.45) is 11.3 Å². The van der Waals surface area contributed by atoms with E-state index in [0.29, 0.717) is 43.9 Å². The summed E-state index contributed by atoms with van der Waals surface area (Å²) < 4.78 is 46.8. The predicted octanol–water partition coefficient (Wildman–Crippen LogP) is 0.624. The molecule has 1 N–H and O–H groups in total. The van der Waals surface area contributed by atoms with Crippen molar-refractivity contribution in [3.8, 4) is 0 Å². The van der Waals surface area contributed by atoms with E-state index < -0.39 is 21.6 Å². The summed E-state index contributed by atoms with van der Waals surface area (Å²) in [4.78, 5) is 15.2. The van der Waals surface area contributed by atoms with Gasteiger partial charge in [0.05, 0.1) is 30.0 Å². The van der Waals surface area contributed by atoms with Crippen molar-refractivity contribution < 1.29 is 22.3 Å². The van der Waals surface area contributed by atoms with Crippen LogP contribution in [0.2, 0.25) is 0 Å². The molecule has 150 valence electrons. The number of rotatable bonds is 3. The zero-order valence-corrected chi connectivity index (χ0v) is 16.4. The van der Waals surface area contributed by atoms with Gasteiger partial charge in [0.2, 0.25) is 15.9 Å². The second-order valence-electron chi connectivity index (χ2n) is 7.90. The Morgan fingerprint density at radius 2 is 2.04 bits per heavy atom. The van der Waals surface area contributed by atoms with E-state index in [2.05, 4.69) is 10.2 Å². The summed E-state index contributed by atoms with van der Waals surface area (Å²) in [5, 5.41) is 6.71. The van der Waals surface area contributed by atoms with Crippen LogP contribution in [-0.4, -0.2) is 79.3 Å². The Morgan fingerprint density at radius 3 is 2.67 bits per heavy atom. The third-order valence-electron chi connectivity index (χ3n) is 6.14. The lowest BCUT2D eigenvalue weighted by Gasteiger charge is -2.36. The van der Waals surface area contributed by atoms with Gasteiger partial charge in [0, 0.05) is 32.1 Å². The van der Waals surface area contributed by atoms with Gasteiger partial charge in [0.15, 0.2) is 0 Å². The lowest BCUT2D eigenvalue weighted by Crippen LogP contribution is -2.51. The van der Waals surface area contributed by atoms with Gasteiger partial charge in [-0.25, -0.2) is 12.8 Å². The first-order chi connectivity index (χ1) is 12.8. The first kappa shape index (κ1) is 18.8. The Labute approximate surface area is 158 Å². The average molecular weight is 400 g/mol. The predicted molar refractivity (Wildman–Crippen MR) is 94.3 cm³/mol. The molecule has 1 aromatic rings. The second-order valence-corrected chi connectivity index (χ2v) is 9.77. The Balaban J connectivity index is 1.61. The van der Waals surface area contributed by atoms with E-state index in [1.165, 1.54) is 4.31 Å². The third kappa shape index (κ3) is 2.89. The molecule has 3 fully saturated rings. The van der Waals surface area contributed by atoms with E-state index in [1.807, 2.05) is 0 Å². The maximum atomic E-state index is 13.5. The molecule has 0 unspecified atom stereocenters. The summed E-state index contributed by atoms with van der Waals surface area (Å²) in [6.45, 7) is 4.99. The smallest absolute Gasteiger partial charge is 0.246 e. The molecule has 8 nitrogen and oxygen atoms in total. The van der Waals surface area contributed by atoms with E-state index >= 15 is 0 Å². The number of amides is 1. The van der Waals surface area contributed by atoms with Crippen LogP contribution in [0.25, 0.3) is 0 Å². The summed E-state index contributed by atoms with van der Waals surface area (Å²) in [5.74, 6) is -0.286. The van der Waals surface area contributed by atoms with Crippen molar-refractivity contribution in [3.05, 3.63) is 11.4 Å². The zero-order valence-electron chi connectivity index (χ0n) is 15.6. The number of piperidine rings is 1. The van der Waals surface area contributed by atoms with Gasteiger partial charge < -0.3 is 9.64 Å². The number of ether oxygens (including phenoxy) is 1. The summed E-state index contributed by atoms with van der Waals surface area (Å²) in [5.41, 5.74) is 0.0410. The Kier molecular flexibility index (Phi) is 4.55. The molecular formula is C17H25FN4O4S. The standard InChI is InChI=1S/C17H25FN4O4S/c1-11-15(12(2)20-19-11)27(24,25)22-7-13-8-26-10-17(13,9-22)16(23)21-5-3-14(18)4-6-21/h13-14H,3-10H2,1-2H3,(H,19,20)/t13-,17-/m1/s1. The number of aromatic amines is 1. The number of aryl methyl sites for hydroxylation is 2. The molecule has 0 aromatic carbocycles. The molecule has 4 rings (SSSR count). The fourth-order valence-electron chi connectivity index (χ4n) is 4.59. The van der Waals surface area contributed by atoms with Crippen LogP contribution in [0.1, 0.15) is 24.2 Å². The molecule has 0 radical (unpaired) electrons. The highest BCUT2D eigenvalue weighted by atomic mass is 32.2. The zero-order chi connectivity index (χ0) is 19.4. The minimum Gasteiger partial charge on any atom is -0.380 e. The minimum atomic E-state index is -3.76. The van der Waals surface area contributed by atoms with Crippen molar-refractivity contribution in [3.63, 3.8) is 0 Å². The largest absolute Gasteiger partial charge is 0.380 e. The van der Waals surface area contributed by atoms with Gasteiger partial charge >= 0.3 is 0 Å². The molecule has 3 aliphatic rings. The Morgan fingerprint density at radius 1 is 1.33 bits per heavy atom. The first-order valence-electron chi connectivity index (χ1n) is 9.28. The number of halogens is 1. The van der Waals surface area contributed by atoms with Gasteiger partial charge in [0.1, 0.15) is 11.1 Å². The molecule has 0 saturated carbocycles. The summed E-state index contributed by atoms with van der Waals surface area (Å²) >= 11 is 0. The topological polar surface area (TPSA) is 95.6 Å². The number of carbonyl (C=O) groups is 1. The van der Waals surface area contributed by atoms with Crippen molar-refractivity contribution in [1.29, 1.82) is 0 Å². The van der Waals surface area contributed by atoms with E-state index in [-0.39, 0.29) is 36.4 Å². The van der Waals surface area contributed by atoms with E-state index in [4.69, 9.17) is 4.74 Å². The number of aromatic nitrogens is 2. The highest BCUT2D eigenvalue weighted by Gasteiger charge is 2.59. The number of hydrogen-bond donors (Lipinski definition) is 1. The maximum absolute atomic E-state index is 13.5. The number of fused-ring (bicyclic) bond motifs is 1. The van der Waals surface area contributed by atoms with Gasteiger partial charge in [0.25, 0.3) is 0 Å². The minimum absolute atomic E-state index is 0.0957. The lowest BCUT2D eigenvalue weighted by atomic mass is 9.79. The molecule has 4 heterocycles. The number of hydrogen-bond acceptors (Lipinski definition) is 5. The second kappa shape index (κ2) is 6.52. The molecule has 1 aromatic heterocycles. The summed E-state index contributed by atoms with van der Waals surface area (Å²) in [7, 11) is -3.76. The molecule has 0 aliphatic carbocycles. The monoisotopic (exact) mass is 400 g/mol. The SMILES string of the molecule is Cc1n[nH]c(C)c1S(=O)(=O)N1C[C@@H]2COC[C@]2(C(=O)N2CCC(F)CC2)C1. The first-order valence-corrected chi connectivity index (χ1v) is 10.7. The van der Waals surface area contributed by atoms with Crippen LogP contribution >= 0.6 is 0 Å². The van der Waals surface area contributed by atoms with Crippen LogP contribution in [-0.2, 0) is 19.6 Å². The number of sulfonamides is 1. The van der Waals surface area contributed by atoms with Crippen molar-refractivity contribution in [2.45, 2.75) is 37.8 Å². The fraction of sp³-hybridized carbons (Fsp3) is 0.765. The molecule has 3 aliphatic heterocycles. The van der Waals surface area contributed by atoms with Gasteiger partial charge in [-0.1, -0.05) is 0 Å². The van der Waals surface area contributed by atoms with Gasteiger partial charge in [-0.05, 0) is 26.7 Å². The number of carbonyl (C=O) groups excluding carboxylic acids is 1. The van der Waals surface area contributed by atoms with Gasteiger partial charge in [-0.2, -0.15) is 9.40 Å². The van der Waals surface area contributed by atoms with Crippen LogP contribution in [0.15, 0.2) is 4.90 Å². The van der Waals surface area contributed by atoms with Crippen LogP contribution in [0.4, 0.5) is 4.39 Å². The molecule has 0 spiro atoms. The Bertz CT molecular complexity index is 830. The third-order valence-corrected chi connectivity index (χ3v) is 8.21. The fourth-order valence-corrected chi connectivity index (χ4v) is 6.48. The number of nitrogens with zero attached hydrogens (tertiary/aromatic N) is 3. The molecular weight excluding hydrogens is 375 g/mol.